The summed E-state index contributed by atoms with van der Waals surface area (Å²) in [7, 11) is 0. The van der Waals surface area contributed by atoms with Gasteiger partial charge in [-0.3, -0.25) is 4.79 Å². The van der Waals surface area contributed by atoms with E-state index in [9.17, 15) is 4.79 Å². The molecule has 1 saturated heterocycles. The number of carbonyl (C=O) groups is 1. The maximum atomic E-state index is 12.6. The minimum absolute atomic E-state index is 0.0920. The quantitative estimate of drug-likeness (QED) is 0.660. The molecule has 3 aromatic rings. The van der Waals surface area contributed by atoms with Crippen LogP contribution in [0.4, 0.5) is 0 Å². The fourth-order valence-electron chi connectivity index (χ4n) is 3.07. The first kappa shape index (κ1) is 12.6. The smallest absolute Gasteiger partial charge is 0.166 e. The molecule has 0 saturated carbocycles. The molecule has 0 N–H and O–H groups in total. The maximum Gasteiger partial charge on any atom is 0.166 e. The van der Waals surface area contributed by atoms with Gasteiger partial charge in [0.15, 0.2) is 5.78 Å². The average Bonchev–Trinajstić information content (AvgIpc) is 2.93. The van der Waals surface area contributed by atoms with Crippen LogP contribution < -0.4 is 0 Å². The maximum absolute atomic E-state index is 12.6. The van der Waals surface area contributed by atoms with E-state index >= 15 is 0 Å². The highest BCUT2D eigenvalue weighted by Gasteiger charge is 2.23. The van der Waals surface area contributed by atoms with Crippen molar-refractivity contribution in [3.8, 4) is 0 Å². The Morgan fingerprint density at radius 3 is 2.57 bits per heavy atom. The van der Waals surface area contributed by atoms with Crippen LogP contribution in [0.15, 0.2) is 46.9 Å². The molecule has 0 atom stereocenters. The zero-order valence-electron chi connectivity index (χ0n) is 11.7. The molecule has 0 radical (unpaired) electrons. The first-order valence-electron chi connectivity index (χ1n) is 7.36. The molecule has 3 heteroatoms. The molecule has 0 spiro atoms. The molecule has 2 heterocycles. The lowest BCUT2D eigenvalue weighted by Gasteiger charge is -2.20. The summed E-state index contributed by atoms with van der Waals surface area (Å²) in [5.74, 6) is 0.319. The van der Waals surface area contributed by atoms with Gasteiger partial charge in [0, 0.05) is 35.5 Å². The number of hydrogen-bond acceptors (Lipinski definition) is 3. The molecular formula is C18H16O3. The topological polar surface area (TPSA) is 39.4 Å². The largest absolute Gasteiger partial charge is 0.456 e. The highest BCUT2D eigenvalue weighted by Crippen LogP contribution is 2.30. The Balaban J connectivity index is 1.78. The molecular weight excluding hydrogens is 264 g/mol. The van der Waals surface area contributed by atoms with E-state index in [1.54, 1.807) is 0 Å². The Hall–Kier alpha value is -2.13. The Morgan fingerprint density at radius 1 is 0.952 bits per heavy atom. The SMILES string of the molecule is O=C(c1ccc2oc3ccccc3c2c1)C1CCOCC1. The lowest BCUT2D eigenvalue weighted by Crippen LogP contribution is -2.23. The Kier molecular flexibility index (Phi) is 3.00. The minimum Gasteiger partial charge on any atom is -0.456 e. The molecule has 1 aliphatic heterocycles. The third kappa shape index (κ3) is 2.14. The lowest BCUT2D eigenvalue weighted by molar-refractivity contribution is 0.0545. The second-order valence-electron chi connectivity index (χ2n) is 5.56. The average molecular weight is 280 g/mol. The third-order valence-corrected chi connectivity index (χ3v) is 4.25. The zero-order valence-corrected chi connectivity index (χ0v) is 11.7. The van der Waals surface area contributed by atoms with E-state index in [2.05, 4.69) is 0 Å². The van der Waals surface area contributed by atoms with Crippen LogP contribution in [0.1, 0.15) is 23.2 Å². The molecule has 1 aliphatic rings. The van der Waals surface area contributed by atoms with Gasteiger partial charge in [-0.15, -0.1) is 0 Å². The molecule has 0 aliphatic carbocycles. The predicted molar refractivity (Wildman–Crippen MR) is 81.6 cm³/mol. The monoisotopic (exact) mass is 280 g/mol. The fourth-order valence-corrected chi connectivity index (χ4v) is 3.07. The number of furan rings is 1. The molecule has 1 aromatic heterocycles. The summed E-state index contributed by atoms with van der Waals surface area (Å²) < 4.78 is 11.1. The molecule has 0 amide bonds. The number of Topliss-reactive ketones (excluding diaryl/α,β-unsaturated/α-hetero) is 1. The van der Waals surface area contributed by atoms with Crippen LogP contribution in [-0.2, 0) is 4.74 Å². The van der Waals surface area contributed by atoms with Gasteiger partial charge in [-0.05, 0) is 37.1 Å². The van der Waals surface area contributed by atoms with Crippen molar-refractivity contribution in [2.24, 2.45) is 5.92 Å². The molecule has 4 rings (SSSR count). The van der Waals surface area contributed by atoms with Gasteiger partial charge < -0.3 is 9.15 Å². The zero-order chi connectivity index (χ0) is 14.2. The summed E-state index contributed by atoms with van der Waals surface area (Å²) in [5.41, 5.74) is 2.48. The summed E-state index contributed by atoms with van der Waals surface area (Å²) in [6.07, 6.45) is 1.64. The van der Waals surface area contributed by atoms with Crippen LogP contribution in [0.5, 0.6) is 0 Å². The van der Waals surface area contributed by atoms with E-state index in [0.29, 0.717) is 13.2 Å². The number of rotatable bonds is 2. The van der Waals surface area contributed by atoms with Crippen LogP contribution in [0, 0.1) is 5.92 Å². The van der Waals surface area contributed by atoms with E-state index in [1.807, 2.05) is 42.5 Å². The fraction of sp³-hybridized carbons (Fsp3) is 0.278. The molecule has 0 unspecified atom stereocenters. The van der Waals surface area contributed by atoms with Gasteiger partial charge in [0.2, 0.25) is 0 Å². The summed E-state index contributed by atoms with van der Waals surface area (Å²) in [5, 5.41) is 2.08. The third-order valence-electron chi connectivity index (χ3n) is 4.25. The number of carbonyl (C=O) groups excluding carboxylic acids is 1. The van der Waals surface area contributed by atoms with Crippen molar-refractivity contribution < 1.29 is 13.9 Å². The molecule has 1 fully saturated rings. The van der Waals surface area contributed by atoms with Gasteiger partial charge in [-0.2, -0.15) is 0 Å². The second kappa shape index (κ2) is 5.01. The second-order valence-corrected chi connectivity index (χ2v) is 5.56. The van der Waals surface area contributed by atoms with Gasteiger partial charge in [0.1, 0.15) is 11.2 Å². The number of ketones is 1. The Morgan fingerprint density at radius 2 is 1.71 bits per heavy atom. The van der Waals surface area contributed by atoms with Crippen molar-refractivity contribution in [2.75, 3.05) is 13.2 Å². The first-order valence-corrected chi connectivity index (χ1v) is 7.36. The lowest BCUT2D eigenvalue weighted by atomic mass is 9.90. The molecule has 0 bridgehead atoms. The van der Waals surface area contributed by atoms with Crippen LogP contribution in [-0.4, -0.2) is 19.0 Å². The molecule has 106 valence electrons. The summed E-state index contributed by atoms with van der Waals surface area (Å²) >= 11 is 0. The van der Waals surface area contributed by atoms with Crippen LogP contribution in [0.3, 0.4) is 0 Å². The number of benzene rings is 2. The van der Waals surface area contributed by atoms with Crippen LogP contribution in [0.2, 0.25) is 0 Å². The van der Waals surface area contributed by atoms with Crippen molar-refractivity contribution in [3.05, 3.63) is 48.0 Å². The molecule has 2 aromatic carbocycles. The standard InChI is InChI=1S/C18H16O3/c19-18(12-7-9-20-10-8-12)13-5-6-17-15(11-13)14-3-1-2-4-16(14)21-17/h1-6,11-12H,7-10H2. The normalized spacial score (nSPS) is 16.6. The summed E-state index contributed by atoms with van der Waals surface area (Å²) in [6, 6.07) is 13.7. The van der Waals surface area contributed by atoms with E-state index in [1.165, 1.54) is 0 Å². The molecule has 3 nitrogen and oxygen atoms in total. The first-order chi connectivity index (χ1) is 10.3. The molecule has 21 heavy (non-hydrogen) atoms. The van der Waals surface area contributed by atoms with Crippen LogP contribution in [0.25, 0.3) is 21.9 Å². The highest BCUT2D eigenvalue weighted by molar-refractivity contribution is 6.08. The van der Waals surface area contributed by atoms with Crippen molar-refractivity contribution in [3.63, 3.8) is 0 Å². The van der Waals surface area contributed by atoms with Crippen molar-refractivity contribution >= 4 is 27.7 Å². The number of ether oxygens (including phenoxy) is 1. The minimum atomic E-state index is 0.0920. The van der Waals surface area contributed by atoms with Gasteiger partial charge in [-0.25, -0.2) is 0 Å². The van der Waals surface area contributed by atoms with Crippen molar-refractivity contribution in [1.29, 1.82) is 0 Å². The summed E-state index contributed by atoms with van der Waals surface area (Å²) in [4.78, 5) is 12.6. The number of para-hydroxylation sites is 1. The van der Waals surface area contributed by atoms with Gasteiger partial charge in [0.25, 0.3) is 0 Å². The number of hydrogen-bond donors (Lipinski definition) is 0. The van der Waals surface area contributed by atoms with Gasteiger partial charge in [0.05, 0.1) is 0 Å². The van der Waals surface area contributed by atoms with Crippen molar-refractivity contribution in [1.82, 2.24) is 0 Å². The Bertz CT molecular complexity index is 810. The highest BCUT2D eigenvalue weighted by atomic mass is 16.5. The Labute approximate surface area is 122 Å². The summed E-state index contributed by atoms with van der Waals surface area (Å²) in [6.45, 7) is 1.38. The van der Waals surface area contributed by atoms with Crippen molar-refractivity contribution in [2.45, 2.75) is 12.8 Å². The number of fused-ring (bicyclic) bond motifs is 3. The van der Waals surface area contributed by atoms with E-state index in [0.717, 1.165) is 40.3 Å². The van der Waals surface area contributed by atoms with E-state index in [-0.39, 0.29) is 11.7 Å². The van der Waals surface area contributed by atoms with E-state index < -0.39 is 0 Å². The van der Waals surface area contributed by atoms with Crippen LogP contribution >= 0.6 is 0 Å². The predicted octanol–water partition coefficient (Wildman–Crippen LogP) is 4.20. The van der Waals surface area contributed by atoms with Gasteiger partial charge in [-0.1, -0.05) is 18.2 Å². The van der Waals surface area contributed by atoms with E-state index in [4.69, 9.17) is 9.15 Å². The van der Waals surface area contributed by atoms with Gasteiger partial charge >= 0.3 is 0 Å².